The first kappa shape index (κ1) is 38.7. The van der Waals surface area contributed by atoms with Gasteiger partial charge in [-0.2, -0.15) is 13.2 Å². The van der Waals surface area contributed by atoms with E-state index in [0.29, 0.717) is 46.5 Å². The van der Waals surface area contributed by atoms with E-state index in [4.69, 9.17) is 9.47 Å². The van der Waals surface area contributed by atoms with Crippen molar-refractivity contribution in [1.82, 2.24) is 9.80 Å². The molecule has 0 radical (unpaired) electrons. The highest BCUT2D eigenvalue weighted by Gasteiger charge is 2.55. The minimum atomic E-state index is -4.52. The number of carbonyl (C=O) groups excluding carboxylic acids is 5. The van der Waals surface area contributed by atoms with Crippen molar-refractivity contribution < 1.29 is 46.6 Å². The molecule has 6 rings (SSSR count). The number of anilines is 1. The maximum Gasteiger partial charge on any atom is 0.416 e. The van der Waals surface area contributed by atoms with Crippen molar-refractivity contribution in [3.63, 3.8) is 0 Å². The van der Waals surface area contributed by atoms with Crippen LogP contribution in [0.5, 0.6) is 0 Å². The molecule has 1 N–H and O–H groups in total. The van der Waals surface area contributed by atoms with Crippen molar-refractivity contribution in [2.75, 3.05) is 38.7 Å². The summed E-state index contributed by atoms with van der Waals surface area (Å²) in [6.07, 6.45) is -2.24. The number of piperidine rings is 1. The minimum absolute atomic E-state index is 0.0374. The van der Waals surface area contributed by atoms with Gasteiger partial charge in [0.25, 0.3) is 17.7 Å². The zero-order valence-electron chi connectivity index (χ0n) is 30.6. The molecule has 10 nitrogen and oxygen atoms in total. The second-order valence-electron chi connectivity index (χ2n) is 13.6. The van der Waals surface area contributed by atoms with Crippen LogP contribution in [0.25, 0.3) is 11.1 Å². The first-order valence-corrected chi connectivity index (χ1v) is 18.0. The SMILES string of the molecule is CCOC(=O)C1(COC(=O)Cc2ccc(NC(=O)c3cccc(C)c3-c3ccc(C(F)(F)F)cc3)c(C(=O)N3CCCCC3)c2)c2ccccc2C(=O)N1C. The predicted octanol–water partition coefficient (Wildman–Crippen LogP) is 7.19. The van der Waals surface area contributed by atoms with Crippen LogP contribution in [0.3, 0.4) is 0 Å². The molecule has 0 aliphatic carbocycles. The number of carbonyl (C=O) groups is 5. The maximum absolute atomic E-state index is 14.0. The van der Waals surface area contributed by atoms with Crippen molar-refractivity contribution in [1.29, 1.82) is 0 Å². The number of rotatable bonds is 10. The molecule has 1 saturated heterocycles. The molecule has 0 saturated carbocycles. The van der Waals surface area contributed by atoms with Gasteiger partial charge in [-0.25, -0.2) is 4.79 Å². The van der Waals surface area contributed by atoms with E-state index >= 15 is 0 Å². The van der Waals surface area contributed by atoms with Gasteiger partial charge in [0, 0.05) is 36.8 Å². The fraction of sp³-hybridized carbons (Fsp3) is 0.310. The maximum atomic E-state index is 14.0. The molecule has 13 heteroatoms. The highest BCUT2D eigenvalue weighted by molar-refractivity contribution is 6.12. The zero-order chi connectivity index (χ0) is 39.5. The molecule has 2 heterocycles. The van der Waals surface area contributed by atoms with Gasteiger partial charge >= 0.3 is 18.1 Å². The number of halogens is 3. The number of fused-ring (bicyclic) bond motifs is 1. The smallest absolute Gasteiger partial charge is 0.416 e. The molecular weight excluding hydrogens is 715 g/mol. The van der Waals surface area contributed by atoms with Gasteiger partial charge in [-0.15, -0.1) is 0 Å². The number of esters is 2. The zero-order valence-corrected chi connectivity index (χ0v) is 30.6. The highest BCUT2D eigenvalue weighted by atomic mass is 19.4. The minimum Gasteiger partial charge on any atom is -0.464 e. The Bertz CT molecular complexity index is 2140. The quantitative estimate of drug-likeness (QED) is 0.170. The van der Waals surface area contributed by atoms with Crippen molar-refractivity contribution in [2.45, 2.75) is 51.2 Å². The summed E-state index contributed by atoms with van der Waals surface area (Å²) >= 11 is 0. The summed E-state index contributed by atoms with van der Waals surface area (Å²) in [6, 6.07) is 20.7. The van der Waals surface area contributed by atoms with E-state index in [1.54, 1.807) is 67.3 Å². The van der Waals surface area contributed by atoms with Crippen molar-refractivity contribution in [3.8, 4) is 11.1 Å². The number of hydrogen-bond acceptors (Lipinski definition) is 7. The first-order chi connectivity index (χ1) is 26.3. The third-order valence-electron chi connectivity index (χ3n) is 10.1. The third-order valence-corrected chi connectivity index (χ3v) is 10.1. The predicted molar refractivity (Wildman–Crippen MR) is 197 cm³/mol. The summed E-state index contributed by atoms with van der Waals surface area (Å²) in [7, 11) is 1.45. The summed E-state index contributed by atoms with van der Waals surface area (Å²) in [6.45, 7) is 3.94. The van der Waals surface area contributed by atoms with Gasteiger partial charge in [-0.1, -0.05) is 48.5 Å². The molecule has 3 amide bonds. The van der Waals surface area contributed by atoms with E-state index in [9.17, 15) is 37.1 Å². The molecule has 1 atom stereocenters. The van der Waals surface area contributed by atoms with Gasteiger partial charge in [0.1, 0.15) is 6.61 Å². The Morgan fingerprint density at radius 1 is 0.855 bits per heavy atom. The van der Waals surface area contributed by atoms with Crippen LogP contribution in [-0.2, 0) is 37.2 Å². The fourth-order valence-electron chi connectivity index (χ4n) is 7.21. The van der Waals surface area contributed by atoms with E-state index < -0.39 is 47.6 Å². The van der Waals surface area contributed by atoms with Crippen LogP contribution < -0.4 is 5.32 Å². The molecule has 0 spiro atoms. The number of alkyl halides is 3. The lowest BCUT2D eigenvalue weighted by molar-refractivity contribution is -0.164. The molecule has 4 aromatic carbocycles. The van der Waals surface area contributed by atoms with Gasteiger partial charge in [-0.3, -0.25) is 19.2 Å². The Balaban J connectivity index is 1.27. The highest BCUT2D eigenvalue weighted by Crippen LogP contribution is 2.40. The van der Waals surface area contributed by atoms with Crippen molar-refractivity contribution >= 4 is 35.3 Å². The standard InChI is InChI=1S/C42H40F3N3O7/c1-4-54-40(53)41(33-14-7-6-12-30(33)38(51)47(41)3)25-55-35(49)24-27-15-20-34(32(23-27)39(52)48-21-8-5-9-22-48)46-37(50)31-13-10-11-26(2)36(31)28-16-18-29(19-17-28)42(43,44)45/h6-7,10-20,23H,4-5,8-9,21-22,24-25H2,1-3H3,(H,46,50). The topological polar surface area (TPSA) is 122 Å². The Kier molecular flexibility index (Phi) is 11.1. The lowest BCUT2D eigenvalue weighted by Crippen LogP contribution is -2.52. The summed E-state index contributed by atoms with van der Waals surface area (Å²) < 4.78 is 50.9. The number of nitrogens with one attached hydrogen (secondary N) is 1. The summed E-state index contributed by atoms with van der Waals surface area (Å²) in [5.41, 5.74) is 0.565. The Hall–Kier alpha value is -5.98. The van der Waals surface area contributed by atoms with Crippen LogP contribution >= 0.6 is 0 Å². The molecular formula is C42H40F3N3O7. The first-order valence-electron chi connectivity index (χ1n) is 18.0. The second kappa shape index (κ2) is 15.8. The van der Waals surface area contributed by atoms with Crippen LogP contribution in [0.4, 0.5) is 18.9 Å². The molecule has 2 aliphatic rings. The summed E-state index contributed by atoms with van der Waals surface area (Å²) in [4.78, 5) is 70.7. The van der Waals surface area contributed by atoms with E-state index in [0.717, 1.165) is 31.4 Å². The lowest BCUT2D eigenvalue weighted by Gasteiger charge is -2.33. The third kappa shape index (κ3) is 7.69. The molecule has 1 unspecified atom stereocenters. The van der Waals surface area contributed by atoms with E-state index in [-0.39, 0.29) is 35.7 Å². The number of amides is 3. The number of ether oxygens (including phenoxy) is 2. The van der Waals surface area contributed by atoms with E-state index in [2.05, 4.69) is 5.32 Å². The van der Waals surface area contributed by atoms with Gasteiger partial charge in [-0.05, 0) is 91.8 Å². The number of aryl methyl sites for hydroxylation is 1. The molecule has 2 aliphatic heterocycles. The molecule has 4 aromatic rings. The van der Waals surface area contributed by atoms with Crippen LogP contribution in [-0.4, -0.2) is 72.8 Å². The molecule has 1 fully saturated rings. The molecule has 286 valence electrons. The normalized spacial score (nSPS) is 16.7. The summed E-state index contributed by atoms with van der Waals surface area (Å²) in [5.74, 6) is -2.83. The molecule has 0 bridgehead atoms. The van der Waals surface area contributed by atoms with Crippen LogP contribution in [0.15, 0.2) is 84.9 Å². The van der Waals surface area contributed by atoms with Crippen LogP contribution in [0.1, 0.15) is 79.5 Å². The van der Waals surface area contributed by atoms with Crippen molar-refractivity contribution in [2.24, 2.45) is 0 Å². The van der Waals surface area contributed by atoms with Crippen LogP contribution in [0, 0.1) is 6.92 Å². The lowest BCUT2D eigenvalue weighted by atomic mass is 9.90. The van der Waals surface area contributed by atoms with Gasteiger partial charge < -0.3 is 24.6 Å². The van der Waals surface area contributed by atoms with E-state index in [1.807, 2.05) is 0 Å². The Morgan fingerprint density at radius 2 is 1.56 bits per heavy atom. The molecule has 0 aromatic heterocycles. The summed E-state index contributed by atoms with van der Waals surface area (Å²) in [5, 5.41) is 2.84. The number of likely N-dealkylation sites (tertiary alicyclic amines) is 1. The Morgan fingerprint density at radius 3 is 2.25 bits per heavy atom. The fourth-order valence-corrected chi connectivity index (χ4v) is 7.21. The number of benzene rings is 4. The second-order valence-corrected chi connectivity index (χ2v) is 13.6. The molecule has 55 heavy (non-hydrogen) atoms. The number of likely N-dealkylation sites (N-methyl/N-ethyl adjacent to an activating group) is 1. The Labute approximate surface area is 316 Å². The van der Waals surface area contributed by atoms with Gasteiger partial charge in [0.05, 0.1) is 29.8 Å². The number of hydrogen-bond donors (Lipinski definition) is 1. The van der Waals surface area contributed by atoms with E-state index in [1.165, 1.54) is 36.2 Å². The average Bonchev–Trinajstić information content (AvgIpc) is 3.40. The largest absolute Gasteiger partial charge is 0.464 e. The number of nitrogens with zero attached hydrogens (tertiary/aromatic N) is 2. The van der Waals surface area contributed by atoms with Crippen molar-refractivity contribution in [3.05, 3.63) is 124 Å². The van der Waals surface area contributed by atoms with Crippen LogP contribution in [0.2, 0.25) is 0 Å². The average molecular weight is 756 g/mol. The van der Waals surface area contributed by atoms with Gasteiger partial charge in [0.15, 0.2) is 0 Å². The van der Waals surface area contributed by atoms with Gasteiger partial charge in [0.2, 0.25) is 5.54 Å². The monoisotopic (exact) mass is 755 g/mol.